The summed E-state index contributed by atoms with van der Waals surface area (Å²) in [4.78, 5) is 2.66. The number of piperidine rings is 1. The summed E-state index contributed by atoms with van der Waals surface area (Å²) in [6, 6.07) is 7.85. The Bertz CT molecular complexity index is 561. The van der Waals surface area contributed by atoms with Crippen LogP contribution in [0.5, 0.6) is 0 Å². The lowest BCUT2D eigenvalue weighted by atomic mass is 9.96. The van der Waals surface area contributed by atoms with Gasteiger partial charge in [-0.15, -0.1) is 0 Å². The zero-order valence-corrected chi connectivity index (χ0v) is 14.0. The lowest BCUT2D eigenvalue weighted by Gasteiger charge is -2.34. The van der Waals surface area contributed by atoms with E-state index >= 15 is 0 Å². The molecule has 1 aliphatic rings. The minimum absolute atomic E-state index is 0.448. The molecule has 0 amide bonds. The third-order valence-corrected chi connectivity index (χ3v) is 5.18. The quantitative estimate of drug-likeness (QED) is 0.906. The van der Waals surface area contributed by atoms with Crippen LogP contribution in [0.25, 0.3) is 0 Å². The summed E-state index contributed by atoms with van der Waals surface area (Å²) >= 11 is 0. The van der Waals surface area contributed by atoms with Crippen molar-refractivity contribution in [2.75, 3.05) is 30.8 Å². The van der Waals surface area contributed by atoms with E-state index in [1.807, 2.05) is 12.1 Å². The molecule has 4 nitrogen and oxygen atoms in total. The maximum absolute atomic E-state index is 11.9. The van der Waals surface area contributed by atoms with E-state index in [0.29, 0.717) is 16.9 Å². The van der Waals surface area contributed by atoms with E-state index < -0.39 is 9.84 Å². The molecule has 1 heterocycles. The molecule has 21 heavy (non-hydrogen) atoms. The molecule has 0 atom stereocenters. The van der Waals surface area contributed by atoms with Crippen LogP contribution in [0.4, 0.5) is 5.69 Å². The second kappa shape index (κ2) is 6.79. The number of anilines is 1. The van der Waals surface area contributed by atoms with Gasteiger partial charge in [0, 0.05) is 25.4 Å². The number of nitrogens with one attached hydrogen (secondary N) is 1. The summed E-state index contributed by atoms with van der Waals surface area (Å²) in [7, 11) is -3.17. The molecule has 0 bridgehead atoms. The minimum Gasteiger partial charge on any atom is -0.370 e. The summed E-state index contributed by atoms with van der Waals surface area (Å²) in [5.41, 5.74) is 0.857. The first kappa shape index (κ1) is 16.3. The third kappa shape index (κ3) is 4.45. The van der Waals surface area contributed by atoms with Crippen LogP contribution in [0.3, 0.4) is 0 Å². The standard InChI is InChI=1S/C16H26N2O2S/c1-13(2)17-12-14-8-10-18(11-9-14)15-6-4-5-7-16(15)21(3,19)20/h4-7,13-14,17H,8-12H2,1-3H3. The number of benzene rings is 1. The SMILES string of the molecule is CC(C)NCC1CCN(c2ccccc2S(C)(=O)=O)CC1. The zero-order valence-electron chi connectivity index (χ0n) is 13.2. The van der Waals surface area contributed by atoms with Crippen LogP contribution in [0, 0.1) is 5.92 Å². The summed E-state index contributed by atoms with van der Waals surface area (Å²) < 4.78 is 23.8. The number of nitrogens with zero attached hydrogens (tertiary/aromatic N) is 1. The molecule has 0 aliphatic carbocycles. The van der Waals surface area contributed by atoms with E-state index in [0.717, 1.165) is 38.2 Å². The molecule has 1 aliphatic heterocycles. The molecule has 0 aromatic heterocycles. The van der Waals surface area contributed by atoms with Crippen molar-refractivity contribution in [2.24, 2.45) is 5.92 Å². The van der Waals surface area contributed by atoms with Crippen LogP contribution in [-0.4, -0.2) is 40.3 Å². The fourth-order valence-corrected chi connectivity index (χ4v) is 3.72. The normalized spacial score (nSPS) is 17.4. The van der Waals surface area contributed by atoms with Crippen molar-refractivity contribution in [1.82, 2.24) is 5.32 Å². The highest BCUT2D eigenvalue weighted by atomic mass is 32.2. The lowest BCUT2D eigenvalue weighted by Crippen LogP contribution is -2.39. The van der Waals surface area contributed by atoms with E-state index in [2.05, 4.69) is 24.1 Å². The fraction of sp³-hybridized carbons (Fsp3) is 0.625. The van der Waals surface area contributed by atoms with Crippen LogP contribution < -0.4 is 10.2 Å². The number of hydrogen-bond donors (Lipinski definition) is 1. The first-order valence-corrected chi connectivity index (χ1v) is 9.54. The molecule has 0 radical (unpaired) electrons. The Morgan fingerprint density at radius 1 is 1.24 bits per heavy atom. The Morgan fingerprint density at radius 3 is 2.43 bits per heavy atom. The zero-order chi connectivity index (χ0) is 15.5. The highest BCUT2D eigenvalue weighted by Crippen LogP contribution is 2.29. The Kier molecular flexibility index (Phi) is 5.27. The van der Waals surface area contributed by atoms with Crippen molar-refractivity contribution >= 4 is 15.5 Å². The summed E-state index contributed by atoms with van der Waals surface area (Å²) in [5.74, 6) is 0.689. The van der Waals surface area contributed by atoms with E-state index in [4.69, 9.17) is 0 Å². The molecule has 118 valence electrons. The molecular weight excluding hydrogens is 284 g/mol. The third-order valence-electron chi connectivity index (χ3n) is 4.03. The Labute approximate surface area is 128 Å². The maximum Gasteiger partial charge on any atom is 0.177 e. The van der Waals surface area contributed by atoms with Gasteiger partial charge in [-0.3, -0.25) is 0 Å². The van der Waals surface area contributed by atoms with Crippen molar-refractivity contribution < 1.29 is 8.42 Å². The van der Waals surface area contributed by atoms with Gasteiger partial charge >= 0.3 is 0 Å². The maximum atomic E-state index is 11.9. The van der Waals surface area contributed by atoms with E-state index in [-0.39, 0.29) is 0 Å². The van der Waals surface area contributed by atoms with E-state index in [9.17, 15) is 8.42 Å². The van der Waals surface area contributed by atoms with Crippen molar-refractivity contribution in [3.8, 4) is 0 Å². The van der Waals surface area contributed by atoms with Crippen molar-refractivity contribution in [3.05, 3.63) is 24.3 Å². The highest BCUT2D eigenvalue weighted by molar-refractivity contribution is 7.90. The number of sulfone groups is 1. The number of hydrogen-bond acceptors (Lipinski definition) is 4. The molecule has 1 aromatic rings. The number of rotatable bonds is 5. The molecule has 1 aromatic carbocycles. The Balaban J connectivity index is 2.03. The van der Waals surface area contributed by atoms with Gasteiger partial charge in [-0.25, -0.2) is 8.42 Å². The van der Waals surface area contributed by atoms with Crippen LogP contribution in [-0.2, 0) is 9.84 Å². The Hall–Kier alpha value is -1.07. The van der Waals surface area contributed by atoms with Crippen molar-refractivity contribution in [1.29, 1.82) is 0 Å². The van der Waals surface area contributed by atoms with E-state index in [1.54, 1.807) is 12.1 Å². The molecule has 0 saturated carbocycles. The highest BCUT2D eigenvalue weighted by Gasteiger charge is 2.23. The average molecular weight is 310 g/mol. The van der Waals surface area contributed by atoms with Gasteiger partial charge in [-0.2, -0.15) is 0 Å². The minimum atomic E-state index is -3.17. The van der Waals surface area contributed by atoms with Crippen LogP contribution >= 0.6 is 0 Å². The molecule has 1 N–H and O–H groups in total. The summed E-state index contributed by atoms with van der Waals surface area (Å²) in [6.45, 7) is 7.24. The first-order chi connectivity index (χ1) is 9.88. The monoisotopic (exact) mass is 310 g/mol. The molecular formula is C16H26N2O2S. The first-order valence-electron chi connectivity index (χ1n) is 7.65. The van der Waals surface area contributed by atoms with Gasteiger partial charge < -0.3 is 10.2 Å². The van der Waals surface area contributed by atoms with Gasteiger partial charge in [0.2, 0.25) is 0 Å². The van der Waals surface area contributed by atoms with Crippen molar-refractivity contribution in [2.45, 2.75) is 37.6 Å². The second-order valence-corrected chi connectivity index (χ2v) is 8.22. The molecule has 1 fully saturated rings. The van der Waals surface area contributed by atoms with Crippen molar-refractivity contribution in [3.63, 3.8) is 0 Å². The van der Waals surface area contributed by atoms with E-state index in [1.165, 1.54) is 6.26 Å². The fourth-order valence-electron chi connectivity index (χ4n) is 2.81. The molecule has 5 heteroatoms. The average Bonchev–Trinajstić information content (AvgIpc) is 2.45. The van der Waals surface area contributed by atoms with Crippen LogP contribution in [0.1, 0.15) is 26.7 Å². The van der Waals surface area contributed by atoms with Gasteiger partial charge in [-0.1, -0.05) is 26.0 Å². The predicted molar refractivity (Wildman–Crippen MR) is 87.6 cm³/mol. The van der Waals surface area contributed by atoms with Gasteiger partial charge in [-0.05, 0) is 37.4 Å². The number of para-hydroxylation sites is 1. The molecule has 1 saturated heterocycles. The Morgan fingerprint density at radius 2 is 1.86 bits per heavy atom. The van der Waals surface area contributed by atoms with Gasteiger partial charge in [0.05, 0.1) is 10.6 Å². The topological polar surface area (TPSA) is 49.4 Å². The largest absolute Gasteiger partial charge is 0.370 e. The summed E-state index contributed by atoms with van der Waals surface area (Å²) in [5, 5.41) is 3.49. The molecule has 2 rings (SSSR count). The van der Waals surface area contributed by atoms with Gasteiger partial charge in [0.1, 0.15) is 0 Å². The van der Waals surface area contributed by atoms with Crippen LogP contribution in [0.15, 0.2) is 29.2 Å². The second-order valence-electron chi connectivity index (χ2n) is 6.23. The van der Waals surface area contributed by atoms with Gasteiger partial charge in [0.25, 0.3) is 0 Å². The lowest BCUT2D eigenvalue weighted by molar-refractivity contribution is 0.370. The molecule has 0 spiro atoms. The predicted octanol–water partition coefficient (Wildman–Crippen LogP) is 2.30. The summed E-state index contributed by atoms with van der Waals surface area (Å²) in [6.07, 6.45) is 3.50. The molecule has 0 unspecified atom stereocenters. The smallest absolute Gasteiger partial charge is 0.177 e. The van der Waals surface area contributed by atoms with Gasteiger partial charge in [0.15, 0.2) is 9.84 Å². The van der Waals surface area contributed by atoms with Crippen LogP contribution in [0.2, 0.25) is 0 Å².